The first-order valence-corrected chi connectivity index (χ1v) is 6.43. The van der Waals surface area contributed by atoms with E-state index in [4.69, 9.17) is 5.73 Å². The highest BCUT2D eigenvalue weighted by molar-refractivity contribution is 9.10. The van der Waals surface area contributed by atoms with Crippen LogP contribution in [0.1, 0.15) is 26.7 Å². The van der Waals surface area contributed by atoms with Gasteiger partial charge in [-0.15, -0.1) is 0 Å². The molecule has 0 amide bonds. The van der Waals surface area contributed by atoms with Crippen molar-refractivity contribution in [2.75, 3.05) is 23.7 Å². The minimum Gasteiger partial charge on any atom is -0.396 e. The standard InChI is InChI=1S/C12H18BrN3/c1-12(2)4-3-5-16(8-12)11-10(14)6-9(13)7-15-11/h6-7H,3-5,8,14H2,1-2H3. The molecule has 0 aliphatic carbocycles. The second-order valence-corrected chi connectivity index (χ2v) is 6.17. The summed E-state index contributed by atoms with van der Waals surface area (Å²) in [5, 5.41) is 0. The number of nitrogen functional groups attached to an aromatic ring is 1. The second kappa shape index (κ2) is 4.24. The number of anilines is 2. The molecular weight excluding hydrogens is 266 g/mol. The number of halogens is 1. The third kappa shape index (κ3) is 2.48. The molecule has 1 aromatic heterocycles. The Hall–Kier alpha value is -0.770. The molecule has 1 aromatic rings. The van der Waals surface area contributed by atoms with E-state index in [0.717, 1.165) is 29.1 Å². The number of hydrogen-bond donors (Lipinski definition) is 1. The number of nitrogens with zero attached hydrogens (tertiary/aromatic N) is 2. The summed E-state index contributed by atoms with van der Waals surface area (Å²) in [5.74, 6) is 0.927. The van der Waals surface area contributed by atoms with Gasteiger partial charge in [-0.25, -0.2) is 4.98 Å². The van der Waals surface area contributed by atoms with E-state index in [2.05, 4.69) is 39.7 Å². The van der Waals surface area contributed by atoms with Crippen LogP contribution in [0.5, 0.6) is 0 Å². The van der Waals surface area contributed by atoms with Gasteiger partial charge in [-0.3, -0.25) is 0 Å². The van der Waals surface area contributed by atoms with Gasteiger partial charge in [0.2, 0.25) is 0 Å². The zero-order valence-electron chi connectivity index (χ0n) is 9.83. The van der Waals surface area contributed by atoms with E-state index in [9.17, 15) is 0 Å². The van der Waals surface area contributed by atoms with E-state index in [0.29, 0.717) is 5.41 Å². The Morgan fingerprint density at radius 3 is 2.88 bits per heavy atom. The molecule has 4 heteroatoms. The molecule has 0 aromatic carbocycles. The van der Waals surface area contributed by atoms with Crippen molar-refractivity contribution in [1.82, 2.24) is 4.98 Å². The molecule has 0 atom stereocenters. The van der Waals surface area contributed by atoms with Crippen LogP contribution in [-0.4, -0.2) is 18.1 Å². The molecule has 2 N–H and O–H groups in total. The predicted molar refractivity (Wildman–Crippen MR) is 71.6 cm³/mol. The Morgan fingerprint density at radius 1 is 1.50 bits per heavy atom. The van der Waals surface area contributed by atoms with Crippen molar-refractivity contribution in [3.63, 3.8) is 0 Å². The van der Waals surface area contributed by atoms with Crippen LogP contribution in [0.4, 0.5) is 11.5 Å². The van der Waals surface area contributed by atoms with Crippen LogP contribution < -0.4 is 10.6 Å². The fraction of sp³-hybridized carbons (Fsp3) is 0.583. The first-order chi connectivity index (χ1) is 7.48. The molecule has 1 aliphatic rings. The maximum absolute atomic E-state index is 6.01. The summed E-state index contributed by atoms with van der Waals surface area (Å²) in [6.45, 7) is 6.69. The lowest BCUT2D eigenvalue weighted by molar-refractivity contribution is 0.292. The summed E-state index contributed by atoms with van der Waals surface area (Å²) in [7, 11) is 0. The van der Waals surface area contributed by atoms with Gasteiger partial charge < -0.3 is 10.6 Å². The molecule has 1 fully saturated rings. The molecule has 2 rings (SSSR count). The van der Waals surface area contributed by atoms with Gasteiger partial charge in [-0.05, 0) is 40.3 Å². The van der Waals surface area contributed by atoms with E-state index in [1.807, 2.05) is 12.3 Å². The normalized spacial score (nSPS) is 19.8. The number of hydrogen-bond acceptors (Lipinski definition) is 3. The van der Waals surface area contributed by atoms with E-state index >= 15 is 0 Å². The van der Waals surface area contributed by atoms with E-state index in [-0.39, 0.29) is 0 Å². The molecule has 0 bridgehead atoms. The quantitative estimate of drug-likeness (QED) is 0.861. The average Bonchev–Trinajstić information content (AvgIpc) is 2.15. The van der Waals surface area contributed by atoms with Crippen molar-refractivity contribution in [3.8, 4) is 0 Å². The molecule has 16 heavy (non-hydrogen) atoms. The highest BCUT2D eigenvalue weighted by Crippen LogP contribution is 2.33. The summed E-state index contributed by atoms with van der Waals surface area (Å²) >= 11 is 3.38. The third-order valence-electron chi connectivity index (χ3n) is 3.06. The molecule has 0 unspecified atom stereocenters. The fourth-order valence-electron chi connectivity index (χ4n) is 2.32. The summed E-state index contributed by atoms with van der Waals surface area (Å²) in [6, 6.07) is 1.92. The molecule has 88 valence electrons. The number of rotatable bonds is 1. The summed E-state index contributed by atoms with van der Waals surface area (Å²) in [4.78, 5) is 6.72. The molecule has 0 spiro atoms. The summed E-state index contributed by atoms with van der Waals surface area (Å²) in [6.07, 6.45) is 4.30. The highest BCUT2D eigenvalue weighted by atomic mass is 79.9. The second-order valence-electron chi connectivity index (χ2n) is 5.26. The van der Waals surface area contributed by atoms with Crippen molar-refractivity contribution in [2.45, 2.75) is 26.7 Å². The SMILES string of the molecule is CC1(C)CCCN(c2ncc(Br)cc2N)C1. The lowest BCUT2D eigenvalue weighted by Crippen LogP contribution is -2.40. The Morgan fingerprint density at radius 2 is 2.25 bits per heavy atom. The van der Waals surface area contributed by atoms with Gasteiger partial charge in [0.1, 0.15) is 0 Å². The zero-order chi connectivity index (χ0) is 11.8. The molecule has 1 aliphatic heterocycles. The number of aromatic nitrogens is 1. The summed E-state index contributed by atoms with van der Waals surface area (Å²) < 4.78 is 0.935. The van der Waals surface area contributed by atoms with Crippen molar-refractivity contribution in [1.29, 1.82) is 0 Å². The average molecular weight is 284 g/mol. The molecule has 1 saturated heterocycles. The van der Waals surface area contributed by atoms with Crippen LogP contribution in [0, 0.1) is 5.41 Å². The van der Waals surface area contributed by atoms with E-state index in [1.165, 1.54) is 12.8 Å². The van der Waals surface area contributed by atoms with Crippen molar-refractivity contribution >= 4 is 27.4 Å². The van der Waals surface area contributed by atoms with Crippen LogP contribution in [0.3, 0.4) is 0 Å². The molecule has 0 saturated carbocycles. The lowest BCUT2D eigenvalue weighted by Gasteiger charge is -2.39. The highest BCUT2D eigenvalue weighted by Gasteiger charge is 2.27. The first kappa shape index (κ1) is 11.7. The van der Waals surface area contributed by atoms with Crippen molar-refractivity contribution in [2.24, 2.45) is 5.41 Å². The minimum absolute atomic E-state index is 0.361. The van der Waals surface area contributed by atoms with Crippen LogP contribution in [0.15, 0.2) is 16.7 Å². The Labute approximate surface area is 105 Å². The van der Waals surface area contributed by atoms with Gasteiger partial charge in [-0.2, -0.15) is 0 Å². The lowest BCUT2D eigenvalue weighted by atomic mass is 9.84. The van der Waals surface area contributed by atoms with Gasteiger partial charge >= 0.3 is 0 Å². The minimum atomic E-state index is 0.361. The monoisotopic (exact) mass is 283 g/mol. The van der Waals surface area contributed by atoms with Gasteiger partial charge in [0, 0.05) is 23.8 Å². The van der Waals surface area contributed by atoms with Gasteiger partial charge in [-0.1, -0.05) is 13.8 Å². The van der Waals surface area contributed by atoms with E-state index in [1.54, 1.807) is 0 Å². The predicted octanol–water partition coefficient (Wildman–Crippen LogP) is 3.05. The first-order valence-electron chi connectivity index (χ1n) is 5.64. The van der Waals surface area contributed by atoms with Crippen LogP contribution in [-0.2, 0) is 0 Å². The molecule has 0 radical (unpaired) electrons. The van der Waals surface area contributed by atoms with Crippen LogP contribution in [0.25, 0.3) is 0 Å². The number of piperidine rings is 1. The fourth-order valence-corrected chi connectivity index (χ4v) is 2.66. The van der Waals surface area contributed by atoms with Crippen molar-refractivity contribution in [3.05, 3.63) is 16.7 Å². The van der Waals surface area contributed by atoms with E-state index < -0.39 is 0 Å². The van der Waals surface area contributed by atoms with Gasteiger partial charge in [0.05, 0.1) is 5.69 Å². The number of pyridine rings is 1. The third-order valence-corrected chi connectivity index (χ3v) is 3.50. The van der Waals surface area contributed by atoms with Crippen LogP contribution >= 0.6 is 15.9 Å². The summed E-state index contributed by atoms with van der Waals surface area (Å²) in [5.41, 5.74) is 7.12. The maximum atomic E-state index is 6.01. The van der Waals surface area contributed by atoms with Crippen LogP contribution in [0.2, 0.25) is 0 Å². The number of nitrogens with two attached hydrogens (primary N) is 1. The maximum Gasteiger partial charge on any atom is 0.151 e. The molecule has 3 nitrogen and oxygen atoms in total. The molecule has 2 heterocycles. The smallest absolute Gasteiger partial charge is 0.151 e. The Balaban J connectivity index is 2.23. The van der Waals surface area contributed by atoms with Gasteiger partial charge in [0.25, 0.3) is 0 Å². The topological polar surface area (TPSA) is 42.2 Å². The van der Waals surface area contributed by atoms with Crippen molar-refractivity contribution < 1.29 is 0 Å². The zero-order valence-corrected chi connectivity index (χ0v) is 11.4. The van der Waals surface area contributed by atoms with Gasteiger partial charge in [0.15, 0.2) is 5.82 Å². The largest absolute Gasteiger partial charge is 0.396 e. The Bertz CT molecular complexity index is 390. The molecular formula is C12H18BrN3. The Kier molecular flexibility index (Phi) is 3.10.